The highest BCUT2D eigenvalue weighted by molar-refractivity contribution is 6.33. The SMILES string of the molecule is CCN1CCC([C@@]2(C)Oc3c(Cl)cc(C(=O)NCc4c(C)cc(C)[nH]c4=O)c(C)c3O2)CC1. The fourth-order valence-electron chi connectivity index (χ4n) is 4.89. The number of rotatable bonds is 5. The predicted octanol–water partition coefficient (Wildman–Crippen LogP) is 4.10. The average molecular weight is 474 g/mol. The maximum absolute atomic E-state index is 13.0. The number of likely N-dealkylation sites (tertiary alicyclic amines) is 1. The van der Waals surface area contributed by atoms with E-state index in [-0.39, 0.29) is 23.9 Å². The lowest BCUT2D eigenvalue weighted by Gasteiger charge is -2.38. The van der Waals surface area contributed by atoms with Crippen LogP contribution < -0.4 is 20.3 Å². The van der Waals surface area contributed by atoms with Crippen molar-refractivity contribution in [2.45, 2.75) is 59.8 Å². The molecule has 1 saturated heterocycles. The second-order valence-electron chi connectivity index (χ2n) is 9.24. The zero-order valence-corrected chi connectivity index (χ0v) is 20.7. The summed E-state index contributed by atoms with van der Waals surface area (Å²) in [5.41, 5.74) is 3.04. The molecular weight excluding hydrogens is 442 g/mol. The van der Waals surface area contributed by atoms with Crippen LogP contribution in [0.3, 0.4) is 0 Å². The van der Waals surface area contributed by atoms with Crippen molar-refractivity contribution in [3.8, 4) is 11.5 Å². The van der Waals surface area contributed by atoms with E-state index in [9.17, 15) is 9.59 Å². The first-order valence-corrected chi connectivity index (χ1v) is 11.9. The van der Waals surface area contributed by atoms with Crippen LogP contribution in [0.2, 0.25) is 5.02 Å². The predicted molar refractivity (Wildman–Crippen MR) is 128 cm³/mol. The number of carbonyl (C=O) groups is 1. The van der Waals surface area contributed by atoms with Gasteiger partial charge in [-0.2, -0.15) is 0 Å². The summed E-state index contributed by atoms with van der Waals surface area (Å²) in [6, 6.07) is 3.50. The van der Waals surface area contributed by atoms with Gasteiger partial charge in [-0.25, -0.2) is 0 Å². The highest BCUT2D eigenvalue weighted by Crippen LogP contribution is 2.51. The maximum Gasteiger partial charge on any atom is 0.253 e. The molecule has 1 aromatic carbocycles. The monoisotopic (exact) mass is 473 g/mol. The Morgan fingerprint density at radius 1 is 1.21 bits per heavy atom. The van der Waals surface area contributed by atoms with Gasteiger partial charge in [0, 0.05) is 41.8 Å². The molecule has 2 N–H and O–H groups in total. The van der Waals surface area contributed by atoms with Crippen LogP contribution in [0.15, 0.2) is 16.9 Å². The van der Waals surface area contributed by atoms with E-state index < -0.39 is 5.79 Å². The van der Waals surface area contributed by atoms with Crippen LogP contribution in [0.5, 0.6) is 11.5 Å². The number of aryl methyl sites for hydroxylation is 2. The third-order valence-corrected chi connectivity index (χ3v) is 7.27. The zero-order chi connectivity index (χ0) is 23.9. The average Bonchev–Trinajstić information content (AvgIpc) is 3.15. The summed E-state index contributed by atoms with van der Waals surface area (Å²) < 4.78 is 12.6. The number of aromatic amines is 1. The molecule has 0 spiro atoms. The van der Waals surface area contributed by atoms with Gasteiger partial charge in [0.15, 0.2) is 11.5 Å². The minimum absolute atomic E-state index is 0.125. The molecule has 1 fully saturated rings. The van der Waals surface area contributed by atoms with Gasteiger partial charge in [-0.15, -0.1) is 0 Å². The topological polar surface area (TPSA) is 83.7 Å². The van der Waals surface area contributed by atoms with Gasteiger partial charge in [-0.05, 0) is 70.9 Å². The molecule has 7 nitrogen and oxygen atoms in total. The van der Waals surface area contributed by atoms with E-state index in [1.807, 2.05) is 33.8 Å². The van der Waals surface area contributed by atoms with Crippen LogP contribution >= 0.6 is 11.6 Å². The summed E-state index contributed by atoms with van der Waals surface area (Å²) in [6.07, 6.45) is 1.96. The van der Waals surface area contributed by atoms with Gasteiger partial charge >= 0.3 is 0 Å². The summed E-state index contributed by atoms with van der Waals surface area (Å²) in [5, 5.41) is 3.20. The normalized spacial score (nSPS) is 20.8. The minimum atomic E-state index is -0.808. The largest absolute Gasteiger partial charge is 0.448 e. The molecule has 0 bridgehead atoms. The Hall–Kier alpha value is -2.51. The second kappa shape index (κ2) is 9.03. The fraction of sp³-hybridized carbons (Fsp3) is 0.520. The van der Waals surface area contributed by atoms with Crippen molar-refractivity contribution in [2.75, 3.05) is 19.6 Å². The van der Waals surface area contributed by atoms with Crippen molar-refractivity contribution in [2.24, 2.45) is 5.92 Å². The van der Waals surface area contributed by atoms with Crippen molar-refractivity contribution in [1.29, 1.82) is 0 Å². The van der Waals surface area contributed by atoms with E-state index in [1.54, 1.807) is 6.07 Å². The third kappa shape index (κ3) is 4.49. The molecule has 0 unspecified atom stereocenters. The summed E-state index contributed by atoms with van der Waals surface area (Å²) in [6.45, 7) is 12.8. The first kappa shape index (κ1) is 23.6. The Labute approximate surface area is 199 Å². The molecule has 3 heterocycles. The summed E-state index contributed by atoms with van der Waals surface area (Å²) in [7, 11) is 0. The smallest absolute Gasteiger partial charge is 0.253 e. The Balaban J connectivity index is 1.53. The van der Waals surface area contributed by atoms with Crippen LogP contribution in [0.25, 0.3) is 0 Å². The number of ether oxygens (including phenoxy) is 2. The van der Waals surface area contributed by atoms with Crippen LogP contribution in [-0.4, -0.2) is 41.2 Å². The molecule has 0 saturated carbocycles. The number of piperidine rings is 1. The standard InChI is InChI=1S/C25H32ClN3O4/c1-6-29-9-7-17(8-10-29)25(5)32-21-16(4)18(12-20(26)22(21)33-25)23(30)27-13-19-14(2)11-15(3)28-24(19)31/h11-12,17H,6-10,13H2,1-5H3,(H,27,30)(H,28,31)/t25-/m1/s1. The van der Waals surface area contributed by atoms with Gasteiger partial charge in [0.25, 0.3) is 17.3 Å². The van der Waals surface area contributed by atoms with Crippen molar-refractivity contribution >= 4 is 17.5 Å². The van der Waals surface area contributed by atoms with Gasteiger partial charge in [0.1, 0.15) is 0 Å². The highest BCUT2D eigenvalue weighted by atomic mass is 35.5. The number of amides is 1. The Morgan fingerprint density at radius 3 is 2.52 bits per heavy atom. The van der Waals surface area contributed by atoms with E-state index in [1.165, 1.54) is 0 Å². The van der Waals surface area contributed by atoms with Crippen LogP contribution in [0.1, 0.15) is 59.4 Å². The van der Waals surface area contributed by atoms with Crippen molar-refractivity contribution in [1.82, 2.24) is 15.2 Å². The molecule has 2 aliphatic heterocycles. The molecule has 4 rings (SSSR count). The number of nitrogens with one attached hydrogen (secondary N) is 2. The number of nitrogens with zero attached hydrogens (tertiary/aromatic N) is 1. The Kier molecular flexibility index (Phi) is 6.47. The lowest BCUT2D eigenvalue weighted by Crippen LogP contribution is -2.48. The maximum atomic E-state index is 13.0. The number of hydrogen-bond acceptors (Lipinski definition) is 5. The van der Waals surface area contributed by atoms with Gasteiger partial charge in [-0.1, -0.05) is 18.5 Å². The third-order valence-electron chi connectivity index (χ3n) is 6.99. The van der Waals surface area contributed by atoms with E-state index in [2.05, 4.69) is 22.1 Å². The van der Waals surface area contributed by atoms with E-state index in [4.69, 9.17) is 21.1 Å². The molecule has 0 radical (unpaired) electrons. The second-order valence-corrected chi connectivity index (χ2v) is 9.65. The molecular formula is C25H32ClN3O4. The van der Waals surface area contributed by atoms with Crippen LogP contribution in [0.4, 0.5) is 0 Å². The lowest BCUT2D eigenvalue weighted by molar-refractivity contribution is -0.124. The van der Waals surface area contributed by atoms with Crippen LogP contribution in [-0.2, 0) is 6.54 Å². The molecule has 1 aromatic heterocycles. The molecule has 0 aliphatic carbocycles. The quantitative estimate of drug-likeness (QED) is 0.683. The number of fused-ring (bicyclic) bond motifs is 1. The zero-order valence-electron chi connectivity index (χ0n) is 19.9. The summed E-state index contributed by atoms with van der Waals surface area (Å²) in [5.74, 6) is 0.133. The molecule has 8 heteroatoms. The first-order valence-electron chi connectivity index (χ1n) is 11.5. The molecule has 178 valence electrons. The van der Waals surface area contributed by atoms with Crippen molar-refractivity contribution in [3.05, 3.63) is 55.5 Å². The van der Waals surface area contributed by atoms with E-state index >= 15 is 0 Å². The summed E-state index contributed by atoms with van der Waals surface area (Å²) >= 11 is 6.54. The number of carbonyl (C=O) groups excluding carboxylic acids is 1. The number of pyridine rings is 1. The molecule has 1 atom stereocenters. The number of halogens is 1. The Bertz CT molecular complexity index is 1140. The van der Waals surface area contributed by atoms with Crippen molar-refractivity contribution in [3.63, 3.8) is 0 Å². The summed E-state index contributed by atoms with van der Waals surface area (Å²) in [4.78, 5) is 30.5. The van der Waals surface area contributed by atoms with Gasteiger partial charge in [0.2, 0.25) is 0 Å². The number of benzene rings is 1. The highest BCUT2D eigenvalue weighted by Gasteiger charge is 2.47. The number of aromatic nitrogens is 1. The first-order chi connectivity index (χ1) is 15.6. The number of H-pyrrole nitrogens is 1. The number of hydrogen-bond donors (Lipinski definition) is 2. The van der Waals surface area contributed by atoms with Crippen LogP contribution in [0, 0.1) is 26.7 Å². The van der Waals surface area contributed by atoms with E-state index in [0.29, 0.717) is 33.2 Å². The molecule has 1 amide bonds. The molecule has 2 aromatic rings. The van der Waals surface area contributed by atoms with E-state index in [0.717, 1.165) is 43.7 Å². The van der Waals surface area contributed by atoms with Gasteiger partial charge < -0.3 is 24.7 Å². The molecule has 2 aliphatic rings. The van der Waals surface area contributed by atoms with Crippen molar-refractivity contribution < 1.29 is 14.3 Å². The lowest BCUT2D eigenvalue weighted by atomic mass is 9.89. The fourth-order valence-corrected chi connectivity index (χ4v) is 5.12. The van der Waals surface area contributed by atoms with Gasteiger partial charge in [0.05, 0.1) is 5.02 Å². The minimum Gasteiger partial charge on any atom is -0.448 e. The Morgan fingerprint density at radius 2 is 1.88 bits per heavy atom. The van der Waals surface area contributed by atoms with Gasteiger partial charge in [-0.3, -0.25) is 9.59 Å². The molecule has 33 heavy (non-hydrogen) atoms.